The predicted octanol–water partition coefficient (Wildman–Crippen LogP) is 4.09. The average Bonchev–Trinajstić information content (AvgIpc) is 2.69. The van der Waals surface area contributed by atoms with Gasteiger partial charge in [-0.2, -0.15) is 0 Å². The quantitative estimate of drug-likeness (QED) is 0.668. The number of hydrogen-bond donors (Lipinski definition) is 2. The number of nitrogens with one attached hydrogen (secondary N) is 2. The van der Waals surface area contributed by atoms with Gasteiger partial charge in [-0.05, 0) is 66.2 Å². The molecular formula is C26H35N3O3. The summed E-state index contributed by atoms with van der Waals surface area (Å²) in [6, 6.07) is 16.2. The average molecular weight is 438 g/mol. The Balaban J connectivity index is 2.62. The van der Waals surface area contributed by atoms with E-state index in [0.29, 0.717) is 5.56 Å². The van der Waals surface area contributed by atoms with E-state index in [1.807, 2.05) is 84.9 Å². The van der Waals surface area contributed by atoms with Gasteiger partial charge in [-0.1, -0.05) is 48.5 Å². The van der Waals surface area contributed by atoms with E-state index >= 15 is 0 Å². The highest BCUT2D eigenvalue weighted by atomic mass is 16.2. The maximum atomic E-state index is 13.7. The van der Waals surface area contributed by atoms with Crippen LogP contribution in [0.15, 0.2) is 60.7 Å². The Labute approximate surface area is 191 Å². The van der Waals surface area contributed by atoms with Gasteiger partial charge < -0.3 is 15.5 Å². The van der Waals surface area contributed by atoms with Gasteiger partial charge >= 0.3 is 0 Å². The van der Waals surface area contributed by atoms with Crippen molar-refractivity contribution in [2.24, 2.45) is 0 Å². The fourth-order valence-electron chi connectivity index (χ4n) is 3.39. The molecule has 2 aromatic rings. The Morgan fingerprint density at radius 1 is 0.719 bits per heavy atom. The van der Waals surface area contributed by atoms with Crippen LogP contribution >= 0.6 is 0 Å². The first-order valence-corrected chi connectivity index (χ1v) is 10.9. The highest BCUT2D eigenvalue weighted by molar-refractivity contribution is 6.09. The lowest BCUT2D eigenvalue weighted by molar-refractivity contribution is -0.138. The summed E-state index contributed by atoms with van der Waals surface area (Å²) in [6.07, 6.45) is 0. The highest BCUT2D eigenvalue weighted by Crippen LogP contribution is 2.26. The Hall–Kier alpha value is -3.15. The van der Waals surface area contributed by atoms with Crippen LogP contribution in [0, 0.1) is 0 Å². The van der Waals surface area contributed by atoms with E-state index in [9.17, 15) is 14.4 Å². The van der Waals surface area contributed by atoms with Gasteiger partial charge in [-0.3, -0.25) is 14.4 Å². The molecule has 0 bridgehead atoms. The Kier molecular flexibility index (Phi) is 7.83. The molecule has 0 aliphatic carbocycles. The summed E-state index contributed by atoms with van der Waals surface area (Å²) in [6.45, 7) is 12.9. The molecule has 0 saturated heterocycles. The third-order valence-corrected chi connectivity index (χ3v) is 4.73. The molecule has 172 valence electrons. The largest absolute Gasteiger partial charge is 0.349 e. The van der Waals surface area contributed by atoms with Gasteiger partial charge in [0.05, 0.1) is 6.04 Å². The minimum Gasteiger partial charge on any atom is -0.349 e. The molecule has 0 unspecified atom stereocenters. The van der Waals surface area contributed by atoms with E-state index in [2.05, 4.69) is 10.6 Å². The number of amides is 3. The molecule has 0 radical (unpaired) electrons. The summed E-state index contributed by atoms with van der Waals surface area (Å²) in [5.74, 6) is -1.43. The summed E-state index contributed by atoms with van der Waals surface area (Å²) in [4.78, 5) is 42.0. The molecule has 1 atom stereocenters. The van der Waals surface area contributed by atoms with Crippen molar-refractivity contribution in [3.8, 4) is 0 Å². The number of carbonyl (C=O) groups excluding carboxylic acids is 3. The molecule has 0 aliphatic rings. The molecule has 0 spiro atoms. The van der Waals surface area contributed by atoms with Crippen LogP contribution in [-0.4, -0.2) is 39.7 Å². The van der Waals surface area contributed by atoms with E-state index in [1.54, 1.807) is 24.3 Å². The summed E-state index contributed by atoms with van der Waals surface area (Å²) >= 11 is 0. The number of nitrogens with zero attached hydrogens (tertiary/aromatic N) is 1. The fraction of sp³-hybridized carbons (Fsp3) is 0.423. The third-order valence-electron chi connectivity index (χ3n) is 4.73. The monoisotopic (exact) mass is 437 g/mol. The van der Waals surface area contributed by atoms with Crippen molar-refractivity contribution in [3.63, 3.8) is 0 Å². The summed E-state index contributed by atoms with van der Waals surface area (Å²) in [5.41, 5.74) is 0.0881. The molecular weight excluding hydrogens is 402 g/mol. The van der Waals surface area contributed by atoms with Crippen molar-refractivity contribution in [1.29, 1.82) is 0 Å². The Morgan fingerprint density at radius 3 is 1.53 bits per heavy atom. The number of carbonyl (C=O) groups is 3. The molecule has 0 fully saturated rings. The van der Waals surface area contributed by atoms with Crippen LogP contribution in [0.1, 0.15) is 70.4 Å². The number of benzene rings is 2. The third kappa shape index (κ3) is 6.94. The van der Waals surface area contributed by atoms with Crippen molar-refractivity contribution < 1.29 is 14.4 Å². The molecule has 0 heterocycles. The molecule has 0 aliphatic heterocycles. The van der Waals surface area contributed by atoms with E-state index in [-0.39, 0.29) is 5.91 Å². The molecule has 6 nitrogen and oxygen atoms in total. The highest BCUT2D eigenvalue weighted by Gasteiger charge is 2.41. The van der Waals surface area contributed by atoms with Gasteiger partial charge in [0.15, 0.2) is 6.04 Å². The first-order chi connectivity index (χ1) is 14.8. The molecule has 2 rings (SSSR count). The van der Waals surface area contributed by atoms with Crippen LogP contribution in [0.2, 0.25) is 0 Å². The van der Waals surface area contributed by atoms with Crippen LogP contribution in [-0.2, 0) is 9.59 Å². The molecule has 0 saturated carbocycles. The van der Waals surface area contributed by atoms with Crippen molar-refractivity contribution in [1.82, 2.24) is 15.5 Å². The second kappa shape index (κ2) is 9.98. The maximum absolute atomic E-state index is 13.7. The molecule has 2 aromatic carbocycles. The number of rotatable bonds is 6. The zero-order valence-electron chi connectivity index (χ0n) is 20.1. The zero-order valence-corrected chi connectivity index (χ0v) is 20.1. The SMILES string of the molecule is C[C@@H](c1ccccc1)N(C(=O)c1ccccc1)C(C(=O)NC(C)(C)C)C(=O)NC(C)(C)C. The molecule has 3 amide bonds. The summed E-state index contributed by atoms with van der Waals surface area (Å²) in [5, 5.41) is 5.77. The normalized spacial score (nSPS) is 12.8. The van der Waals surface area contributed by atoms with E-state index in [4.69, 9.17) is 0 Å². The lowest BCUT2D eigenvalue weighted by Gasteiger charge is -2.38. The standard InChI is InChI=1S/C26H35N3O3/c1-18(19-14-10-8-11-15-19)29(24(32)20-16-12-9-13-17-20)21(22(30)27-25(2,3)4)23(31)28-26(5,6)7/h8-18,21H,1-7H3,(H,27,30)(H,28,31)/t18-/m0/s1. The van der Waals surface area contributed by atoms with Crippen molar-refractivity contribution >= 4 is 17.7 Å². The minimum absolute atomic E-state index is 0.389. The van der Waals surface area contributed by atoms with Crippen molar-refractivity contribution in [2.75, 3.05) is 0 Å². The Bertz CT molecular complexity index is 900. The second-order valence-corrected chi connectivity index (χ2v) is 10.0. The van der Waals surface area contributed by atoms with Gasteiger partial charge in [-0.25, -0.2) is 0 Å². The predicted molar refractivity (Wildman–Crippen MR) is 127 cm³/mol. The smallest absolute Gasteiger partial charge is 0.255 e. The molecule has 32 heavy (non-hydrogen) atoms. The first-order valence-electron chi connectivity index (χ1n) is 10.9. The summed E-state index contributed by atoms with van der Waals surface area (Å²) < 4.78 is 0. The lowest BCUT2D eigenvalue weighted by atomic mass is 9.99. The van der Waals surface area contributed by atoms with Gasteiger partial charge in [0, 0.05) is 16.6 Å². The van der Waals surface area contributed by atoms with E-state index < -0.39 is 35.0 Å². The van der Waals surface area contributed by atoms with Crippen LogP contribution in [0.4, 0.5) is 0 Å². The molecule has 2 N–H and O–H groups in total. The van der Waals surface area contributed by atoms with Gasteiger partial charge in [0.25, 0.3) is 17.7 Å². The van der Waals surface area contributed by atoms with Gasteiger partial charge in [0.1, 0.15) is 0 Å². The summed E-state index contributed by atoms with van der Waals surface area (Å²) in [7, 11) is 0. The van der Waals surface area contributed by atoms with E-state index in [0.717, 1.165) is 5.56 Å². The minimum atomic E-state index is -1.35. The number of hydrogen-bond acceptors (Lipinski definition) is 3. The van der Waals surface area contributed by atoms with Crippen molar-refractivity contribution in [2.45, 2.75) is 71.6 Å². The van der Waals surface area contributed by atoms with Crippen molar-refractivity contribution in [3.05, 3.63) is 71.8 Å². The first kappa shape index (κ1) is 25.1. The van der Waals surface area contributed by atoms with Crippen LogP contribution < -0.4 is 10.6 Å². The van der Waals surface area contributed by atoms with Crippen LogP contribution in [0.3, 0.4) is 0 Å². The maximum Gasteiger partial charge on any atom is 0.255 e. The lowest BCUT2D eigenvalue weighted by Crippen LogP contribution is -2.62. The van der Waals surface area contributed by atoms with Gasteiger partial charge in [-0.15, -0.1) is 0 Å². The Morgan fingerprint density at radius 2 is 1.12 bits per heavy atom. The second-order valence-electron chi connectivity index (χ2n) is 10.0. The zero-order chi connectivity index (χ0) is 24.1. The van der Waals surface area contributed by atoms with Gasteiger partial charge in [0.2, 0.25) is 0 Å². The fourth-order valence-corrected chi connectivity index (χ4v) is 3.39. The molecule has 6 heteroatoms. The molecule has 0 aromatic heterocycles. The topological polar surface area (TPSA) is 78.5 Å². The van der Waals surface area contributed by atoms with Crippen LogP contribution in [0.5, 0.6) is 0 Å². The van der Waals surface area contributed by atoms with Crippen LogP contribution in [0.25, 0.3) is 0 Å². The van der Waals surface area contributed by atoms with E-state index in [1.165, 1.54) is 4.90 Å².